The molecule has 0 bridgehead atoms. The number of carbonyl (C=O) groups excluding carboxylic acids is 1. The largest absolute Gasteiger partial charge is 0.449 e. The Kier molecular flexibility index (Phi) is 8.18. The van der Waals surface area contributed by atoms with Crippen molar-refractivity contribution in [1.29, 1.82) is 0 Å². The highest BCUT2D eigenvalue weighted by Gasteiger charge is 2.40. The summed E-state index contributed by atoms with van der Waals surface area (Å²) in [5.74, 6) is -0.753. The Balaban J connectivity index is 2.09. The maximum Gasteiger partial charge on any atom is 0.416 e. The van der Waals surface area contributed by atoms with E-state index in [1.54, 1.807) is 13.8 Å². The number of rotatable bonds is 5. The van der Waals surface area contributed by atoms with Crippen LogP contribution in [0, 0.1) is 0 Å². The molecule has 3 rings (SSSR count). The second-order valence-corrected chi connectivity index (χ2v) is 8.98. The number of benzene rings is 2. The van der Waals surface area contributed by atoms with Gasteiger partial charge < -0.3 is 9.64 Å². The normalized spacial score (nSPS) is 18.3. The molecule has 0 aromatic heterocycles. The second-order valence-electron chi connectivity index (χ2n) is 8.98. The number of alkyl halides is 9. The average Bonchev–Trinajstić information content (AvgIpc) is 2.81. The Morgan fingerprint density at radius 1 is 0.895 bits per heavy atom. The highest BCUT2D eigenvalue weighted by Crippen LogP contribution is 2.44. The number of fused-ring (bicyclic) bond motifs is 1. The molecule has 0 radical (unpaired) electrons. The SMILES string of the molecule is CCOC(=O)N1c2ccc(C(F)(F)F)cc2[C@H](CN(C)c2cc(C(F)(F)F)cc(C(F)(F)F)c2)C[C@@H]1CC. The number of nitrogens with zero attached hydrogens (tertiary/aromatic N) is 2. The van der Waals surface area contributed by atoms with Gasteiger partial charge in [0.25, 0.3) is 0 Å². The lowest BCUT2D eigenvalue weighted by Crippen LogP contribution is -2.46. The molecule has 38 heavy (non-hydrogen) atoms. The lowest BCUT2D eigenvalue weighted by molar-refractivity contribution is -0.143. The van der Waals surface area contributed by atoms with E-state index in [1.807, 2.05) is 0 Å². The van der Waals surface area contributed by atoms with E-state index in [-0.39, 0.29) is 36.9 Å². The molecular weight excluding hydrogens is 531 g/mol. The summed E-state index contributed by atoms with van der Waals surface area (Å²) in [5.41, 5.74) is -4.17. The van der Waals surface area contributed by atoms with Crippen LogP contribution in [0.25, 0.3) is 0 Å². The van der Waals surface area contributed by atoms with Crippen LogP contribution in [0.3, 0.4) is 0 Å². The Bertz CT molecular complexity index is 1130. The van der Waals surface area contributed by atoms with Crippen molar-refractivity contribution < 1.29 is 49.0 Å². The van der Waals surface area contributed by atoms with Crippen LogP contribution in [-0.2, 0) is 23.3 Å². The summed E-state index contributed by atoms with van der Waals surface area (Å²) in [5, 5.41) is 0. The van der Waals surface area contributed by atoms with Gasteiger partial charge in [0.2, 0.25) is 0 Å². The van der Waals surface area contributed by atoms with Gasteiger partial charge in [-0.25, -0.2) is 4.79 Å². The number of halogens is 9. The second kappa shape index (κ2) is 10.6. The molecule has 210 valence electrons. The van der Waals surface area contributed by atoms with E-state index in [0.717, 1.165) is 23.1 Å². The van der Waals surface area contributed by atoms with Crippen LogP contribution in [0.2, 0.25) is 0 Å². The topological polar surface area (TPSA) is 32.8 Å². The molecule has 1 aliphatic rings. The molecule has 2 atom stereocenters. The summed E-state index contributed by atoms with van der Waals surface area (Å²) in [7, 11) is 1.27. The minimum absolute atomic E-state index is 0.00713. The highest BCUT2D eigenvalue weighted by molar-refractivity contribution is 5.90. The van der Waals surface area contributed by atoms with Gasteiger partial charge in [-0.05, 0) is 61.7 Å². The Labute approximate surface area is 213 Å². The number of hydrogen-bond donors (Lipinski definition) is 0. The van der Waals surface area contributed by atoms with Crippen molar-refractivity contribution in [3.63, 3.8) is 0 Å². The van der Waals surface area contributed by atoms with Gasteiger partial charge in [-0.2, -0.15) is 39.5 Å². The third-order valence-electron chi connectivity index (χ3n) is 6.42. The van der Waals surface area contributed by atoms with E-state index < -0.39 is 59.0 Å². The average molecular weight is 556 g/mol. The molecule has 2 aromatic carbocycles. The minimum atomic E-state index is -5.05. The van der Waals surface area contributed by atoms with E-state index in [1.165, 1.54) is 11.9 Å². The van der Waals surface area contributed by atoms with Gasteiger partial charge in [0.15, 0.2) is 0 Å². The summed E-state index contributed by atoms with van der Waals surface area (Å²) in [4.78, 5) is 15.1. The Hall–Kier alpha value is -3.12. The molecular formula is C25H25F9N2O2. The first kappa shape index (κ1) is 29.4. The van der Waals surface area contributed by atoms with E-state index in [4.69, 9.17) is 4.74 Å². The van der Waals surface area contributed by atoms with Gasteiger partial charge >= 0.3 is 24.6 Å². The third-order valence-corrected chi connectivity index (χ3v) is 6.42. The zero-order valence-corrected chi connectivity index (χ0v) is 20.6. The fraction of sp³-hybridized carbons (Fsp3) is 0.480. The summed E-state index contributed by atoms with van der Waals surface area (Å²) in [6.07, 6.45) is -15.1. The smallest absolute Gasteiger partial charge is 0.416 e. The van der Waals surface area contributed by atoms with Gasteiger partial charge in [-0.1, -0.05) is 6.92 Å². The molecule has 4 nitrogen and oxygen atoms in total. The molecule has 0 saturated heterocycles. The van der Waals surface area contributed by atoms with Gasteiger partial charge in [-0.15, -0.1) is 0 Å². The van der Waals surface area contributed by atoms with Crippen molar-refractivity contribution in [2.45, 2.75) is 57.2 Å². The van der Waals surface area contributed by atoms with Crippen LogP contribution in [0.15, 0.2) is 36.4 Å². The van der Waals surface area contributed by atoms with Crippen molar-refractivity contribution in [2.24, 2.45) is 0 Å². The fourth-order valence-corrected chi connectivity index (χ4v) is 4.59. The van der Waals surface area contributed by atoms with Gasteiger partial charge in [-0.3, -0.25) is 4.90 Å². The zero-order chi connectivity index (χ0) is 28.6. The van der Waals surface area contributed by atoms with Crippen LogP contribution in [0.5, 0.6) is 0 Å². The maximum atomic E-state index is 13.5. The molecule has 0 spiro atoms. The standard InChI is InChI=1S/C25H25F9N2O2/c1-4-18-8-14(13-35(3)19-10-16(24(29,30)31)9-17(11-19)25(32,33)34)20-12-15(23(26,27)28)6-7-21(20)36(18)22(37)38-5-2/h6-7,9-12,14,18H,4-5,8,13H2,1-3H3/t14-,18-/m0/s1. The van der Waals surface area contributed by atoms with Gasteiger partial charge in [0.1, 0.15) is 0 Å². The number of ether oxygens (including phenoxy) is 1. The summed E-state index contributed by atoms with van der Waals surface area (Å²) < 4.78 is 126. The van der Waals surface area contributed by atoms with Crippen LogP contribution in [0.1, 0.15) is 54.9 Å². The van der Waals surface area contributed by atoms with Gasteiger partial charge in [0, 0.05) is 31.2 Å². The van der Waals surface area contributed by atoms with Crippen LogP contribution in [-0.4, -0.2) is 32.3 Å². The van der Waals surface area contributed by atoms with Crippen LogP contribution < -0.4 is 9.80 Å². The first-order valence-corrected chi connectivity index (χ1v) is 11.6. The summed E-state index contributed by atoms with van der Waals surface area (Å²) >= 11 is 0. The Morgan fingerprint density at radius 2 is 1.45 bits per heavy atom. The predicted octanol–water partition coefficient (Wildman–Crippen LogP) is 8.11. The third kappa shape index (κ3) is 6.29. The molecule has 0 aliphatic carbocycles. The minimum Gasteiger partial charge on any atom is -0.449 e. The van der Waals surface area contributed by atoms with Crippen LogP contribution >= 0.6 is 0 Å². The summed E-state index contributed by atoms with van der Waals surface area (Å²) in [6, 6.07) is 3.42. The molecule has 0 unspecified atom stereocenters. The van der Waals surface area contributed by atoms with Crippen molar-refractivity contribution in [3.05, 3.63) is 58.7 Å². The quantitative estimate of drug-likeness (QED) is 0.349. The van der Waals surface area contributed by atoms with E-state index >= 15 is 0 Å². The Morgan fingerprint density at radius 3 is 1.92 bits per heavy atom. The lowest BCUT2D eigenvalue weighted by Gasteiger charge is -2.41. The molecule has 13 heteroatoms. The van der Waals surface area contributed by atoms with Gasteiger partial charge in [0.05, 0.1) is 29.0 Å². The van der Waals surface area contributed by atoms with Crippen molar-refractivity contribution in [3.8, 4) is 0 Å². The van der Waals surface area contributed by atoms with Crippen molar-refractivity contribution in [1.82, 2.24) is 0 Å². The molecule has 1 aliphatic heterocycles. The van der Waals surface area contributed by atoms with E-state index in [9.17, 15) is 44.3 Å². The number of carbonyl (C=O) groups is 1. The maximum absolute atomic E-state index is 13.5. The number of amides is 1. The van der Waals surface area contributed by atoms with E-state index in [0.29, 0.717) is 18.6 Å². The summed E-state index contributed by atoms with van der Waals surface area (Å²) in [6.45, 7) is 3.12. The van der Waals surface area contributed by atoms with Crippen molar-refractivity contribution in [2.75, 3.05) is 30.0 Å². The predicted molar refractivity (Wildman–Crippen MR) is 122 cm³/mol. The molecule has 1 heterocycles. The molecule has 1 amide bonds. The molecule has 2 aromatic rings. The molecule has 0 fully saturated rings. The monoisotopic (exact) mass is 556 g/mol. The zero-order valence-electron chi connectivity index (χ0n) is 20.6. The van der Waals surface area contributed by atoms with Crippen molar-refractivity contribution >= 4 is 17.5 Å². The fourth-order valence-electron chi connectivity index (χ4n) is 4.59. The number of anilines is 2. The number of hydrogen-bond acceptors (Lipinski definition) is 3. The molecule has 0 N–H and O–H groups in total. The van der Waals surface area contributed by atoms with E-state index in [2.05, 4.69) is 0 Å². The first-order chi connectivity index (χ1) is 17.5. The lowest BCUT2D eigenvalue weighted by atomic mass is 9.83. The first-order valence-electron chi connectivity index (χ1n) is 11.6. The number of likely N-dealkylation sites (N-methyl/N-ethyl adjacent to an activating group) is 1. The highest BCUT2D eigenvalue weighted by atomic mass is 19.4. The van der Waals surface area contributed by atoms with Crippen LogP contribution in [0.4, 0.5) is 55.7 Å². The molecule has 0 saturated carbocycles.